The van der Waals surface area contributed by atoms with Crippen LogP contribution < -0.4 is 10.1 Å². The van der Waals surface area contributed by atoms with Crippen molar-refractivity contribution >= 4 is 11.8 Å². The molecular formula is C24H24N4O4. The van der Waals surface area contributed by atoms with E-state index in [2.05, 4.69) is 27.5 Å². The van der Waals surface area contributed by atoms with Gasteiger partial charge in [0.15, 0.2) is 0 Å². The number of amides is 1. The molecule has 0 aliphatic heterocycles. The number of anilines is 1. The van der Waals surface area contributed by atoms with Crippen LogP contribution in [0.2, 0.25) is 0 Å². The lowest BCUT2D eigenvalue weighted by atomic mass is 10.1. The van der Waals surface area contributed by atoms with E-state index in [1.165, 1.54) is 5.56 Å². The summed E-state index contributed by atoms with van der Waals surface area (Å²) < 4.78 is 15.9. The fourth-order valence-corrected chi connectivity index (χ4v) is 3.14. The summed E-state index contributed by atoms with van der Waals surface area (Å²) in [5.74, 6) is 1.71. The van der Waals surface area contributed by atoms with Gasteiger partial charge in [0.2, 0.25) is 23.5 Å². The van der Waals surface area contributed by atoms with Crippen LogP contribution >= 0.6 is 0 Å². The molecule has 4 aromatic rings. The lowest BCUT2D eigenvalue weighted by molar-refractivity contribution is -0.116. The molecule has 8 heteroatoms. The predicted molar refractivity (Wildman–Crippen MR) is 119 cm³/mol. The fourth-order valence-electron chi connectivity index (χ4n) is 3.14. The lowest BCUT2D eigenvalue weighted by Crippen LogP contribution is -2.11. The average Bonchev–Trinajstić information content (AvgIpc) is 3.48. The van der Waals surface area contributed by atoms with Gasteiger partial charge in [-0.05, 0) is 43.2 Å². The summed E-state index contributed by atoms with van der Waals surface area (Å²) in [7, 11) is 0. The van der Waals surface area contributed by atoms with Gasteiger partial charge >= 0.3 is 0 Å². The molecule has 0 aliphatic carbocycles. The minimum Gasteiger partial charge on any atom is -0.494 e. The number of aryl methyl sites for hydroxylation is 2. The number of rotatable bonds is 9. The first-order valence-electron chi connectivity index (χ1n) is 10.6. The summed E-state index contributed by atoms with van der Waals surface area (Å²) in [5, 5.41) is 10.7. The van der Waals surface area contributed by atoms with Crippen molar-refractivity contribution in [2.24, 2.45) is 0 Å². The molecule has 2 aromatic heterocycles. The molecule has 0 atom stereocenters. The number of carbonyl (C=O) groups excluding carboxylic acids is 1. The molecule has 4 rings (SSSR count). The Kier molecular flexibility index (Phi) is 6.60. The molecule has 32 heavy (non-hydrogen) atoms. The van der Waals surface area contributed by atoms with Crippen molar-refractivity contribution in [1.82, 2.24) is 15.3 Å². The molecule has 2 heterocycles. The Morgan fingerprint density at radius 2 is 1.72 bits per heavy atom. The first-order chi connectivity index (χ1) is 15.6. The Labute approximate surface area is 185 Å². The van der Waals surface area contributed by atoms with Crippen LogP contribution in [0.15, 0.2) is 63.6 Å². The van der Waals surface area contributed by atoms with Gasteiger partial charge in [0, 0.05) is 30.0 Å². The molecule has 0 spiro atoms. The molecule has 8 nitrogen and oxygen atoms in total. The normalized spacial score (nSPS) is 10.8. The third-order valence-electron chi connectivity index (χ3n) is 4.89. The molecule has 0 radical (unpaired) electrons. The van der Waals surface area contributed by atoms with E-state index in [1.807, 2.05) is 55.5 Å². The van der Waals surface area contributed by atoms with Gasteiger partial charge in [-0.2, -0.15) is 4.98 Å². The highest BCUT2D eigenvalue weighted by Gasteiger charge is 2.13. The van der Waals surface area contributed by atoms with Gasteiger partial charge in [-0.25, -0.2) is 0 Å². The maximum atomic E-state index is 12.3. The van der Waals surface area contributed by atoms with Crippen LogP contribution in [0.3, 0.4) is 0 Å². The second-order valence-corrected chi connectivity index (χ2v) is 7.14. The van der Waals surface area contributed by atoms with E-state index in [4.69, 9.17) is 13.8 Å². The summed E-state index contributed by atoms with van der Waals surface area (Å²) >= 11 is 0. The minimum atomic E-state index is -0.227. The largest absolute Gasteiger partial charge is 0.494 e. The standard InChI is InChI=1S/C24H24N4O4/c1-3-16-5-7-17(8-6-16)20-15-23(32-27-20)25-21(29)13-14-22-26-24(28-31-22)18-9-11-19(12-10-18)30-4-2/h5-12,15H,3-4,13-14H2,1-2H3,(H,25,29). The predicted octanol–water partition coefficient (Wildman–Crippen LogP) is 4.92. The van der Waals surface area contributed by atoms with Gasteiger partial charge in [0.1, 0.15) is 11.4 Å². The summed E-state index contributed by atoms with van der Waals surface area (Å²) in [5.41, 5.74) is 3.66. The Balaban J connectivity index is 1.30. The van der Waals surface area contributed by atoms with Gasteiger partial charge in [0.05, 0.1) is 6.61 Å². The second kappa shape index (κ2) is 9.91. The number of hydrogen-bond donors (Lipinski definition) is 1. The maximum absolute atomic E-state index is 12.3. The zero-order valence-corrected chi connectivity index (χ0v) is 18.0. The first-order valence-corrected chi connectivity index (χ1v) is 10.6. The average molecular weight is 432 g/mol. The molecule has 0 aliphatic rings. The number of hydrogen-bond acceptors (Lipinski definition) is 7. The Morgan fingerprint density at radius 1 is 0.969 bits per heavy atom. The summed E-state index contributed by atoms with van der Waals surface area (Å²) in [6.45, 7) is 4.64. The number of ether oxygens (including phenoxy) is 1. The van der Waals surface area contributed by atoms with Crippen LogP contribution in [0.25, 0.3) is 22.6 Å². The highest BCUT2D eigenvalue weighted by atomic mass is 16.5. The van der Waals surface area contributed by atoms with Gasteiger partial charge in [-0.15, -0.1) is 0 Å². The smallest absolute Gasteiger partial charge is 0.231 e. The second-order valence-electron chi connectivity index (χ2n) is 7.14. The van der Waals surface area contributed by atoms with Crippen LogP contribution in [-0.4, -0.2) is 27.8 Å². The van der Waals surface area contributed by atoms with Crippen LogP contribution in [0.1, 0.15) is 31.7 Å². The number of benzene rings is 2. The van der Waals surface area contributed by atoms with Crippen molar-refractivity contribution in [2.75, 3.05) is 11.9 Å². The molecule has 0 bridgehead atoms. The van der Waals surface area contributed by atoms with Crippen molar-refractivity contribution in [3.8, 4) is 28.4 Å². The van der Waals surface area contributed by atoms with Crippen LogP contribution in [0.4, 0.5) is 5.88 Å². The van der Waals surface area contributed by atoms with Crippen LogP contribution in [-0.2, 0) is 17.6 Å². The van der Waals surface area contributed by atoms with Gasteiger partial charge < -0.3 is 13.8 Å². The first kappa shape index (κ1) is 21.3. The van der Waals surface area contributed by atoms with E-state index in [0.29, 0.717) is 36.3 Å². The zero-order chi connectivity index (χ0) is 22.3. The maximum Gasteiger partial charge on any atom is 0.231 e. The van der Waals surface area contributed by atoms with E-state index in [1.54, 1.807) is 6.07 Å². The van der Waals surface area contributed by atoms with E-state index >= 15 is 0 Å². The van der Waals surface area contributed by atoms with Crippen molar-refractivity contribution in [2.45, 2.75) is 33.1 Å². The molecule has 0 saturated heterocycles. The topological polar surface area (TPSA) is 103 Å². The molecule has 0 saturated carbocycles. The van der Waals surface area contributed by atoms with Gasteiger partial charge in [-0.1, -0.05) is 41.5 Å². The highest BCUT2D eigenvalue weighted by molar-refractivity contribution is 5.89. The van der Waals surface area contributed by atoms with E-state index in [-0.39, 0.29) is 12.3 Å². The van der Waals surface area contributed by atoms with E-state index in [9.17, 15) is 4.79 Å². The molecule has 164 valence electrons. The van der Waals surface area contributed by atoms with Crippen LogP contribution in [0.5, 0.6) is 5.75 Å². The molecule has 0 fully saturated rings. The lowest BCUT2D eigenvalue weighted by Gasteiger charge is -2.02. The van der Waals surface area contributed by atoms with Gasteiger partial charge in [-0.3, -0.25) is 10.1 Å². The van der Waals surface area contributed by atoms with Crippen molar-refractivity contribution in [3.05, 3.63) is 66.1 Å². The third-order valence-corrected chi connectivity index (χ3v) is 4.89. The number of nitrogens with one attached hydrogen (secondary N) is 1. The number of carbonyl (C=O) groups is 1. The monoisotopic (exact) mass is 432 g/mol. The van der Waals surface area contributed by atoms with Crippen molar-refractivity contribution in [1.29, 1.82) is 0 Å². The van der Waals surface area contributed by atoms with Crippen molar-refractivity contribution in [3.63, 3.8) is 0 Å². The van der Waals surface area contributed by atoms with Crippen molar-refractivity contribution < 1.29 is 18.6 Å². The summed E-state index contributed by atoms with van der Waals surface area (Å²) in [6, 6.07) is 17.2. The Hall–Kier alpha value is -3.94. The number of nitrogens with zero attached hydrogens (tertiary/aromatic N) is 3. The minimum absolute atomic E-state index is 0.173. The van der Waals surface area contributed by atoms with E-state index < -0.39 is 0 Å². The molecule has 1 amide bonds. The quantitative estimate of drug-likeness (QED) is 0.400. The fraction of sp³-hybridized carbons (Fsp3) is 0.250. The summed E-state index contributed by atoms with van der Waals surface area (Å²) in [4.78, 5) is 16.6. The Morgan fingerprint density at radius 3 is 2.44 bits per heavy atom. The third kappa shape index (κ3) is 5.21. The molecule has 0 unspecified atom stereocenters. The molecule has 1 N–H and O–H groups in total. The van der Waals surface area contributed by atoms with E-state index in [0.717, 1.165) is 23.3 Å². The zero-order valence-electron chi connectivity index (χ0n) is 18.0. The van der Waals surface area contributed by atoms with Gasteiger partial charge in [0.25, 0.3) is 0 Å². The SMILES string of the molecule is CCOc1ccc(-c2noc(CCC(=O)Nc3cc(-c4ccc(CC)cc4)no3)n2)cc1. The molecular weight excluding hydrogens is 408 g/mol. The number of aromatic nitrogens is 3. The van der Waals surface area contributed by atoms with Crippen LogP contribution in [0, 0.1) is 0 Å². The highest BCUT2D eigenvalue weighted by Crippen LogP contribution is 2.23. The molecule has 2 aromatic carbocycles. The summed E-state index contributed by atoms with van der Waals surface area (Å²) in [6.07, 6.45) is 1.46. The Bertz CT molecular complexity index is 1160.